The van der Waals surface area contributed by atoms with E-state index in [4.69, 9.17) is 4.74 Å². The standard InChI is InChI=1S/C19H25F3N2O3/c1-4-11-27-17(25)15-12-14(23(3)18(26)19(20,21)22)8-9-16(15)24-10-6-5-7-13(24)2/h8-9,12-13H,4-7,10-11H2,1-3H3/t13-/m1/s1. The highest BCUT2D eigenvalue weighted by Gasteiger charge is 2.42. The van der Waals surface area contributed by atoms with Crippen LogP contribution in [0.2, 0.25) is 0 Å². The zero-order valence-electron chi connectivity index (χ0n) is 15.8. The maximum atomic E-state index is 12.7. The van der Waals surface area contributed by atoms with E-state index in [9.17, 15) is 22.8 Å². The molecule has 1 atom stereocenters. The molecule has 150 valence electrons. The molecule has 0 spiro atoms. The minimum atomic E-state index is -4.99. The van der Waals surface area contributed by atoms with E-state index in [1.54, 1.807) is 6.07 Å². The summed E-state index contributed by atoms with van der Waals surface area (Å²) in [6, 6.07) is 4.53. The largest absolute Gasteiger partial charge is 0.471 e. The SMILES string of the molecule is CCCOC(=O)c1cc(N(C)C(=O)C(F)(F)F)ccc1N1CCCC[C@H]1C. The first kappa shape index (κ1) is 21.1. The Morgan fingerprint density at radius 1 is 1.30 bits per heavy atom. The smallest absolute Gasteiger partial charge is 0.462 e. The lowest BCUT2D eigenvalue weighted by Gasteiger charge is -2.36. The van der Waals surface area contributed by atoms with Crippen molar-refractivity contribution in [2.75, 3.05) is 30.0 Å². The van der Waals surface area contributed by atoms with Gasteiger partial charge in [-0.1, -0.05) is 6.92 Å². The second kappa shape index (κ2) is 8.63. The van der Waals surface area contributed by atoms with Crippen molar-refractivity contribution in [3.8, 4) is 0 Å². The van der Waals surface area contributed by atoms with E-state index < -0.39 is 18.1 Å². The zero-order valence-corrected chi connectivity index (χ0v) is 15.8. The van der Waals surface area contributed by atoms with Gasteiger partial charge in [-0.05, 0) is 50.8 Å². The number of hydrogen-bond acceptors (Lipinski definition) is 4. The maximum Gasteiger partial charge on any atom is 0.471 e. The normalized spacial score (nSPS) is 17.6. The number of hydrogen-bond donors (Lipinski definition) is 0. The third kappa shape index (κ3) is 4.93. The van der Waals surface area contributed by atoms with Crippen LogP contribution in [0, 0.1) is 0 Å². The van der Waals surface area contributed by atoms with Gasteiger partial charge >= 0.3 is 18.1 Å². The summed E-state index contributed by atoms with van der Waals surface area (Å²) in [7, 11) is 1.04. The molecule has 1 aromatic rings. The van der Waals surface area contributed by atoms with Gasteiger partial charge in [0.2, 0.25) is 0 Å². The van der Waals surface area contributed by atoms with Crippen LogP contribution >= 0.6 is 0 Å². The molecule has 1 aliphatic rings. The van der Waals surface area contributed by atoms with E-state index in [-0.39, 0.29) is 23.9 Å². The quantitative estimate of drug-likeness (QED) is 0.713. The summed E-state index contributed by atoms with van der Waals surface area (Å²) >= 11 is 0. The maximum absolute atomic E-state index is 12.7. The van der Waals surface area contributed by atoms with E-state index >= 15 is 0 Å². The zero-order chi connectivity index (χ0) is 20.2. The number of esters is 1. The molecule has 1 amide bonds. The van der Waals surface area contributed by atoms with Gasteiger partial charge in [0.15, 0.2) is 0 Å². The van der Waals surface area contributed by atoms with Crippen LogP contribution in [-0.4, -0.2) is 44.3 Å². The number of nitrogens with zero attached hydrogens (tertiary/aromatic N) is 2. The summed E-state index contributed by atoms with van der Waals surface area (Å²) in [5.41, 5.74) is 0.797. The molecule has 1 aromatic carbocycles. The van der Waals surface area contributed by atoms with Crippen LogP contribution in [0.4, 0.5) is 24.5 Å². The van der Waals surface area contributed by atoms with Gasteiger partial charge in [0.1, 0.15) is 0 Å². The number of ether oxygens (including phenoxy) is 1. The molecule has 1 heterocycles. The van der Waals surface area contributed by atoms with Crippen molar-refractivity contribution in [2.45, 2.75) is 51.7 Å². The fourth-order valence-electron chi connectivity index (χ4n) is 3.18. The summed E-state index contributed by atoms with van der Waals surface area (Å²) in [5.74, 6) is -2.59. The first-order valence-electron chi connectivity index (χ1n) is 9.09. The van der Waals surface area contributed by atoms with E-state index in [1.807, 2.05) is 13.8 Å². The number of rotatable bonds is 5. The molecule has 0 unspecified atom stereocenters. The summed E-state index contributed by atoms with van der Waals surface area (Å²) in [6.07, 6.45) is -1.32. The van der Waals surface area contributed by atoms with E-state index in [0.717, 1.165) is 32.9 Å². The Morgan fingerprint density at radius 3 is 2.59 bits per heavy atom. The number of carbonyl (C=O) groups is 2. The average Bonchev–Trinajstić information content (AvgIpc) is 2.64. The van der Waals surface area contributed by atoms with E-state index in [2.05, 4.69) is 4.90 Å². The second-order valence-corrected chi connectivity index (χ2v) is 6.74. The Hall–Kier alpha value is -2.25. The summed E-state index contributed by atoms with van der Waals surface area (Å²) in [4.78, 5) is 26.6. The average molecular weight is 386 g/mol. The molecule has 27 heavy (non-hydrogen) atoms. The molecule has 1 aliphatic heterocycles. The van der Waals surface area contributed by atoms with Crippen LogP contribution < -0.4 is 9.80 Å². The Labute approximate surface area is 157 Å². The van der Waals surface area contributed by atoms with Crippen LogP contribution in [0.3, 0.4) is 0 Å². The molecule has 0 N–H and O–H groups in total. The van der Waals surface area contributed by atoms with Crippen molar-refractivity contribution in [1.82, 2.24) is 0 Å². The number of amides is 1. The van der Waals surface area contributed by atoms with Gasteiger partial charge in [-0.2, -0.15) is 13.2 Å². The van der Waals surface area contributed by atoms with Crippen LogP contribution in [0.15, 0.2) is 18.2 Å². The molecular formula is C19H25F3N2O3. The first-order chi connectivity index (χ1) is 12.7. The van der Waals surface area contributed by atoms with Crippen molar-refractivity contribution in [3.05, 3.63) is 23.8 Å². The summed E-state index contributed by atoms with van der Waals surface area (Å²) in [6.45, 7) is 4.88. The van der Waals surface area contributed by atoms with Gasteiger partial charge in [0.05, 0.1) is 17.9 Å². The van der Waals surface area contributed by atoms with Crippen molar-refractivity contribution in [1.29, 1.82) is 0 Å². The number of benzene rings is 1. The van der Waals surface area contributed by atoms with Crippen LogP contribution in [-0.2, 0) is 9.53 Å². The second-order valence-electron chi connectivity index (χ2n) is 6.74. The van der Waals surface area contributed by atoms with Gasteiger partial charge in [0.25, 0.3) is 0 Å². The lowest BCUT2D eigenvalue weighted by atomic mass is 10.0. The minimum absolute atomic E-state index is 0.00538. The fraction of sp³-hybridized carbons (Fsp3) is 0.579. The number of anilines is 2. The molecule has 0 radical (unpaired) electrons. The molecule has 1 fully saturated rings. The first-order valence-corrected chi connectivity index (χ1v) is 9.09. The molecule has 0 aromatic heterocycles. The van der Waals surface area contributed by atoms with Gasteiger partial charge in [-0.25, -0.2) is 4.79 Å². The molecule has 1 saturated heterocycles. The molecule has 0 bridgehead atoms. The molecular weight excluding hydrogens is 361 g/mol. The van der Waals surface area contributed by atoms with Crippen molar-refractivity contribution < 1.29 is 27.5 Å². The molecule has 2 rings (SSSR count). The lowest BCUT2D eigenvalue weighted by molar-refractivity contribution is -0.170. The number of piperidine rings is 1. The lowest BCUT2D eigenvalue weighted by Crippen LogP contribution is -2.39. The molecule has 5 nitrogen and oxygen atoms in total. The van der Waals surface area contributed by atoms with Crippen LogP contribution in [0.25, 0.3) is 0 Å². The van der Waals surface area contributed by atoms with Crippen LogP contribution in [0.1, 0.15) is 49.9 Å². The number of halogens is 3. The third-order valence-corrected chi connectivity index (χ3v) is 4.68. The highest BCUT2D eigenvalue weighted by atomic mass is 19.4. The van der Waals surface area contributed by atoms with Crippen molar-refractivity contribution in [2.24, 2.45) is 0 Å². The highest BCUT2D eigenvalue weighted by Crippen LogP contribution is 2.32. The Bertz CT molecular complexity index is 691. The van der Waals surface area contributed by atoms with Crippen LogP contribution in [0.5, 0.6) is 0 Å². The summed E-state index contributed by atoms with van der Waals surface area (Å²) in [5, 5.41) is 0. The van der Waals surface area contributed by atoms with Gasteiger partial charge < -0.3 is 14.5 Å². The fourth-order valence-corrected chi connectivity index (χ4v) is 3.18. The van der Waals surface area contributed by atoms with Crippen molar-refractivity contribution in [3.63, 3.8) is 0 Å². The predicted octanol–water partition coefficient (Wildman–Crippen LogP) is 4.16. The Kier molecular flexibility index (Phi) is 6.73. The predicted molar refractivity (Wildman–Crippen MR) is 97.1 cm³/mol. The van der Waals surface area contributed by atoms with E-state index in [1.165, 1.54) is 12.1 Å². The molecule has 8 heteroatoms. The van der Waals surface area contributed by atoms with Crippen molar-refractivity contribution >= 4 is 23.3 Å². The third-order valence-electron chi connectivity index (χ3n) is 4.68. The summed E-state index contributed by atoms with van der Waals surface area (Å²) < 4.78 is 43.4. The monoisotopic (exact) mass is 386 g/mol. The number of carbonyl (C=O) groups excluding carboxylic acids is 2. The number of alkyl halides is 3. The van der Waals surface area contributed by atoms with Gasteiger partial charge in [0, 0.05) is 25.3 Å². The minimum Gasteiger partial charge on any atom is -0.462 e. The molecule has 0 aliphatic carbocycles. The highest BCUT2D eigenvalue weighted by molar-refractivity contribution is 6.01. The molecule has 0 saturated carbocycles. The Morgan fingerprint density at radius 2 is 2.00 bits per heavy atom. The topological polar surface area (TPSA) is 49.9 Å². The van der Waals surface area contributed by atoms with E-state index in [0.29, 0.717) is 17.0 Å². The van der Waals surface area contributed by atoms with Gasteiger partial charge in [-0.15, -0.1) is 0 Å². The van der Waals surface area contributed by atoms with Gasteiger partial charge in [-0.3, -0.25) is 4.79 Å². The Balaban J connectivity index is 2.42.